The number of carbonyl (C=O) groups excluding carboxylic acids is 3. The Morgan fingerprint density at radius 2 is 1.92 bits per heavy atom. The number of carbonyl (C=O) groups is 3. The van der Waals surface area contributed by atoms with Crippen molar-refractivity contribution in [2.45, 2.75) is 13.1 Å². The second-order valence-electron chi connectivity index (χ2n) is 5.87. The van der Waals surface area contributed by atoms with Gasteiger partial charge in [-0.15, -0.1) is 0 Å². The number of methoxy groups -OCH3 is 1. The molecule has 1 aliphatic rings. The summed E-state index contributed by atoms with van der Waals surface area (Å²) in [7, 11) is 1.60. The molecule has 1 aliphatic heterocycles. The summed E-state index contributed by atoms with van der Waals surface area (Å²) in [5.41, 5.74) is 2.22. The molecule has 0 aromatic heterocycles. The van der Waals surface area contributed by atoms with Crippen LogP contribution in [0.15, 0.2) is 48.5 Å². The first-order chi connectivity index (χ1) is 12.6. The first-order valence-electron chi connectivity index (χ1n) is 8.15. The Morgan fingerprint density at radius 1 is 1.15 bits per heavy atom. The van der Waals surface area contributed by atoms with Crippen LogP contribution in [0.5, 0.6) is 5.75 Å². The summed E-state index contributed by atoms with van der Waals surface area (Å²) in [6, 6.07) is 13.9. The van der Waals surface area contributed by atoms with Gasteiger partial charge in [-0.05, 0) is 35.4 Å². The fraction of sp³-hybridized carbons (Fsp3) is 0.211. The van der Waals surface area contributed by atoms with Crippen molar-refractivity contribution >= 4 is 17.8 Å². The summed E-state index contributed by atoms with van der Waals surface area (Å²) in [5, 5.41) is 5.32. The van der Waals surface area contributed by atoms with Gasteiger partial charge in [0.05, 0.1) is 20.2 Å². The van der Waals surface area contributed by atoms with E-state index in [1.165, 1.54) is 0 Å². The third kappa shape index (κ3) is 4.00. The van der Waals surface area contributed by atoms with Crippen LogP contribution in [0, 0.1) is 0 Å². The van der Waals surface area contributed by atoms with E-state index in [9.17, 15) is 14.4 Å². The molecular formula is C19H19N3O4. The number of nitrogens with zero attached hydrogens (tertiary/aromatic N) is 1. The predicted molar refractivity (Wildman–Crippen MR) is 94.6 cm³/mol. The van der Waals surface area contributed by atoms with E-state index in [0.29, 0.717) is 12.1 Å². The van der Waals surface area contributed by atoms with Crippen LogP contribution in [0.25, 0.3) is 0 Å². The average molecular weight is 353 g/mol. The zero-order chi connectivity index (χ0) is 18.5. The summed E-state index contributed by atoms with van der Waals surface area (Å²) in [6.07, 6.45) is 0. The van der Waals surface area contributed by atoms with Gasteiger partial charge >= 0.3 is 6.03 Å². The van der Waals surface area contributed by atoms with E-state index in [1.807, 2.05) is 24.3 Å². The van der Waals surface area contributed by atoms with Gasteiger partial charge in [-0.25, -0.2) is 4.79 Å². The molecule has 0 aliphatic carbocycles. The Balaban J connectivity index is 1.58. The molecule has 0 saturated carbocycles. The van der Waals surface area contributed by atoms with Gasteiger partial charge in [0.25, 0.3) is 5.91 Å². The number of urea groups is 1. The molecule has 134 valence electrons. The van der Waals surface area contributed by atoms with Crippen molar-refractivity contribution in [3.8, 4) is 5.75 Å². The lowest BCUT2D eigenvalue weighted by atomic mass is 10.1. The number of imide groups is 1. The second-order valence-corrected chi connectivity index (χ2v) is 5.87. The van der Waals surface area contributed by atoms with Crippen molar-refractivity contribution < 1.29 is 19.1 Å². The molecule has 4 amide bonds. The second kappa shape index (κ2) is 7.69. The minimum Gasteiger partial charge on any atom is -0.497 e. The van der Waals surface area contributed by atoms with Crippen molar-refractivity contribution in [3.05, 3.63) is 65.2 Å². The maximum atomic E-state index is 12.3. The van der Waals surface area contributed by atoms with Crippen LogP contribution in [-0.4, -0.2) is 36.4 Å². The third-order valence-electron chi connectivity index (χ3n) is 4.08. The predicted octanol–water partition coefficient (Wildman–Crippen LogP) is 1.68. The normalized spacial score (nSPS) is 13.5. The Bertz CT molecular complexity index is 817. The molecule has 0 atom stereocenters. The van der Waals surface area contributed by atoms with Gasteiger partial charge < -0.3 is 15.4 Å². The van der Waals surface area contributed by atoms with Crippen molar-refractivity contribution in [2.24, 2.45) is 0 Å². The van der Waals surface area contributed by atoms with Crippen molar-refractivity contribution in [2.75, 3.05) is 13.7 Å². The van der Waals surface area contributed by atoms with Crippen molar-refractivity contribution in [3.63, 3.8) is 0 Å². The van der Waals surface area contributed by atoms with E-state index >= 15 is 0 Å². The minimum absolute atomic E-state index is 0.0313. The van der Waals surface area contributed by atoms with E-state index in [2.05, 4.69) is 10.6 Å². The Morgan fingerprint density at radius 3 is 2.58 bits per heavy atom. The minimum atomic E-state index is -0.393. The number of rotatable bonds is 6. The molecule has 7 heteroatoms. The fourth-order valence-electron chi connectivity index (χ4n) is 2.63. The van der Waals surface area contributed by atoms with Gasteiger partial charge in [0.2, 0.25) is 5.91 Å². The molecule has 0 unspecified atom stereocenters. The summed E-state index contributed by atoms with van der Waals surface area (Å²) in [5.74, 6) is 0.283. The number of hydrogen-bond acceptors (Lipinski definition) is 4. The standard InChI is InChI=1S/C19H19N3O4/c1-26-16-4-2-3-14(9-16)10-20-18(24)15-7-5-13(6-8-15)12-22-17(23)11-21-19(22)25/h2-9H,10-12H2,1H3,(H,20,24)(H,21,25). The van der Waals surface area contributed by atoms with Crippen LogP contribution >= 0.6 is 0 Å². The van der Waals surface area contributed by atoms with Crippen molar-refractivity contribution in [1.82, 2.24) is 15.5 Å². The molecule has 1 heterocycles. The molecule has 3 rings (SSSR count). The van der Waals surface area contributed by atoms with Crippen LogP contribution in [0.2, 0.25) is 0 Å². The largest absolute Gasteiger partial charge is 0.497 e. The molecule has 1 saturated heterocycles. The Labute approximate surface area is 150 Å². The van der Waals surface area contributed by atoms with Crippen LogP contribution in [0.1, 0.15) is 21.5 Å². The quantitative estimate of drug-likeness (QED) is 0.774. The molecule has 2 N–H and O–H groups in total. The monoisotopic (exact) mass is 353 g/mol. The van der Waals surface area contributed by atoms with Gasteiger partial charge in [0, 0.05) is 12.1 Å². The Hall–Kier alpha value is -3.35. The highest BCUT2D eigenvalue weighted by atomic mass is 16.5. The van der Waals surface area contributed by atoms with E-state index in [4.69, 9.17) is 4.74 Å². The number of benzene rings is 2. The van der Waals surface area contributed by atoms with Crippen LogP contribution in [0.4, 0.5) is 4.79 Å². The molecular weight excluding hydrogens is 334 g/mol. The molecule has 2 aromatic rings. The van der Waals surface area contributed by atoms with Gasteiger partial charge in [0.15, 0.2) is 0 Å². The maximum Gasteiger partial charge on any atom is 0.324 e. The van der Waals surface area contributed by atoms with Crippen molar-refractivity contribution in [1.29, 1.82) is 0 Å². The number of amides is 4. The Kier molecular flexibility index (Phi) is 5.17. The van der Waals surface area contributed by atoms with Gasteiger partial charge in [-0.1, -0.05) is 24.3 Å². The lowest BCUT2D eigenvalue weighted by Gasteiger charge is -2.12. The van der Waals surface area contributed by atoms with Crippen LogP contribution in [-0.2, 0) is 17.9 Å². The van der Waals surface area contributed by atoms with E-state index in [-0.39, 0.29) is 24.9 Å². The van der Waals surface area contributed by atoms with Crippen LogP contribution in [0.3, 0.4) is 0 Å². The fourth-order valence-corrected chi connectivity index (χ4v) is 2.63. The summed E-state index contributed by atoms with van der Waals surface area (Å²) < 4.78 is 5.16. The highest BCUT2D eigenvalue weighted by molar-refractivity contribution is 6.01. The average Bonchev–Trinajstić information content (AvgIpc) is 2.99. The van der Waals surface area contributed by atoms with Gasteiger partial charge in [0.1, 0.15) is 5.75 Å². The topological polar surface area (TPSA) is 87.7 Å². The molecule has 7 nitrogen and oxygen atoms in total. The van der Waals surface area contributed by atoms with E-state index < -0.39 is 6.03 Å². The number of hydrogen-bond donors (Lipinski definition) is 2. The molecule has 0 bridgehead atoms. The number of nitrogens with one attached hydrogen (secondary N) is 2. The van der Waals surface area contributed by atoms with Crippen LogP contribution < -0.4 is 15.4 Å². The lowest BCUT2D eigenvalue weighted by molar-refractivity contribution is -0.125. The molecule has 2 aromatic carbocycles. The molecule has 0 radical (unpaired) electrons. The SMILES string of the molecule is COc1cccc(CNC(=O)c2ccc(CN3C(=O)CNC3=O)cc2)c1. The smallest absolute Gasteiger partial charge is 0.324 e. The first kappa shape index (κ1) is 17.5. The maximum absolute atomic E-state index is 12.3. The highest BCUT2D eigenvalue weighted by Gasteiger charge is 2.28. The lowest BCUT2D eigenvalue weighted by Crippen LogP contribution is -2.30. The first-order valence-corrected chi connectivity index (χ1v) is 8.15. The molecule has 26 heavy (non-hydrogen) atoms. The van der Waals surface area contributed by atoms with E-state index in [1.54, 1.807) is 31.4 Å². The third-order valence-corrected chi connectivity index (χ3v) is 4.08. The summed E-state index contributed by atoms with van der Waals surface area (Å²) in [4.78, 5) is 36.6. The summed E-state index contributed by atoms with van der Waals surface area (Å²) >= 11 is 0. The van der Waals surface area contributed by atoms with Gasteiger partial charge in [-0.3, -0.25) is 14.5 Å². The zero-order valence-corrected chi connectivity index (χ0v) is 14.3. The van der Waals surface area contributed by atoms with E-state index in [0.717, 1.165) is 21.8 Å². The summed E-state index contributed by atoms with van der Waals surface area (Å²) in [6.45, 7) is 0.611. The van der Waals surface area contributed by atoms with Gasteiger partial charge in [-0.2, -0.15) is 0 Å². The number of ether oxygens (including phenoxy) is 1. The zero-order valence-electron chi connectivity index (χ0n) is 14.3. The molecule has 0 spiro atoms. The highest BCUT2D eigenvalue weighted by Crippen LogP contribution is 2.13. The molecule has 1 fully saturated rings.